The molecular weight excluding hydrogens is 355 g/mol. The van der Waals surface area contributed by atoms with Crippen LogP contribution in [0, 0.1) is 12.7 Å². The molecule has 144 valence electrons. The Balaban J connectivity index is 1.82. The van der Waals surface area contributed by atoms with Gasteiger partial charge >= 0.3 is 0 Å². The summed E-state index contributed by atoms with van der Waals surface area (Å²) in [6, 6.07) is 10.9. The van der Waals surface area contributed by atoms with Gasteiger partial charge in [-0.15, -0.1) is 0 Å². The van der Waals surface area contributed by atoms with Crippen molar-refractivity contribution in [1.82, 2.24) is 9.88 Å². The number of nitrogens with zero attached hydrogens (tertiary/aromatic N) is 1. The van der Waals surface area contributed by atoms with E-state index in [1.165, 1.54) is 6.07 Å². The highest BCUT2D eigenvalue weighted by molar-refractivity contribution is 5.89. The molecule has 0 saturated heterocycles. The van der Waals surface area contributed by atoms with Crippen molar-refractivity contribution in [3.8, 4) is 5.75 Å². The fourth-order valence-corrected chi connectivity index (χ4v) is 4.85. The van der Waals surface area contributed by atoms with Gasteiger partial charge in [0, 0.05) is 41.0 Å². The molecule has 1 spiro atoms. The van der Waals surface area contributed by atoms with Crippen molar-refractivity contribution < 1.29 is 13.9 Å². The predicted molar refractivity (Wildman–Crippen MR) is 106 cm³/mol. The average molecular weight is 378 g/mol. The highest BCUT2D eigenvalue weighted by Gasteiger charge is 2.55. The van der Waals surface area contributed by atoms with E-state index in [0.29, 0.717) is 11.9 Å². The first-order chi connectivity index (χ1) is 13.4. The Morgan fingerprint density at radius 2 is 2.07 bits per heavy atom. The minimum Gasteiger partial charge on any atom is -0.496 e. The second-order valence-electron chi connectivity index (χ2n) is 8.15. The molecule has 1 amide bonds. The first kappa shape index (κ1) is 17.3. The zero-order valence-electron chi connectivity index (χ0n) is 16.3. The van der Waals surface area contributed by atoms with Gasteiger partial charge in [-0.2, -0.15) is 0 Å². The van der Waals surface area contributed by atoms with E-state index in [1.807, 2.05) is 36.1 Å². The molecule has 0 radical (unpaired) electrons. The molecule has 1 fully saturated rings. The number of benzene rings is 2. The Kier molecular flexibility index (Phi) is 3.60. The largest absolute Gasteiger partial charge is 0.496 e. The number of hydrogen-bond donors (Lipinski definition) is 1. The average Bonchev–Trinajstić information content (AvgIpc) is 3.31. The number of methoxy groups -OCH3 is 1. The maximum atomic E-state index is 14.8. The van der Waals surface area contributed by atoms with Gasteiger partial charge in [-0.1, -0.05) is 18.2 Å². The van der Waals surface area contributed by atoms with E-state index in [0.717, 1.165) is 46.5 Å². The molecule has 1 saturated carbocycles. The van der Waals surface area contributed by atoms with Crippen molar-refractivity contribution in [2.75, 3.05) is 13.7 Å². The van der Waals surface area contributed by atoms with Crippen LogP contribution in [0.5, 0.6) is 5.75 Å². The van der Waals surface area contributed by atoms with Crippen LogP contribution in [0.1, 0.15) is 48.2 Å². The van der Waals surface area contributed by atoms with E-state index in [2.05, 4.69) is 4.98 Å². The standard InChI is InChI=1S/C23H23FN2O2/c1-13-7-8-15(18(11-13)28-3)22-21-20(19-16(24)5-4-6-17(19)25-21)23(9-10-23)12-26(22)14(2)27/h4-8,11,22,25H,9-10,12H2,1-3H3/t22-/m0/s1. The number of aromatic nitrogens is 1. The van der Waals surface area contributed by atoms with Crippen LogP contribution in [0.15, 0.2) is 36.4 Å². The third kappa shape index (κ3) is 2.32. The molecule has 2 aliphatic rings. The molecule has 4 nitrogen and oxygen atoms in total. The molecule has 2 heterocycles. The quantitative estimate of drug-likeness (QED) is 0.708. The number of fused-ring (bicyclic) bond motifs is 4. The zero-order valence-corrected chi connectivity index (χ0v) is 16.3. The Labute approximate surface area is 163 Å². The molecule has 0 unspecified atom stereocenters. The van der Waals surface area contributed by atoms with E-state index in [1.54, 1.807) is 20.1 Å². The number of carbonyl (C=O) groups excluding carboxylic acids is 1. The lowest BCUT2D eigenvalue weighted by molar-refractivity contribution is -0.131. The van der Waals surface area contributed by atoms with Crippen molar-refractivity contribution in [2.45, 2.75) is 38.1 Å². The molecule has 5 rings (SSSR count). The summed E-state index contributed by atoms with van der Waals surface area (Å²) in [5, 5.41) is 0.675. The van der Waals surface area contributed by atoms with Gasteiger partial charge in [0.2, 0.25) is 5.91 Å². The third-order valence-electron chi connectivity index (χ3n) is 6.33. The van der Waals surface area contributed by atoms with E-state index in [9.17, 15) is 9.18 Å². The SMILES string of the molecule is COc1cc(C)ccc1[C@H]1c2[nH]c3cccc(F)c3c2C2(CC2)CN1C(C)=O. The number of ether oxygens (including phenoxy) is 1. The van der Waals surface area contributed by atoms with Crippen LogP contribution in [-0.2, 0) is 10.2 Å². The summed E-state index contributed by atoms with van der Waals surface area (Å²) in [6.07, 6.45) is 1.95. The number of H-pyrrole nitrogens is 1. The molecule has 28 heavy (non-hydrogen) atoms. The molecule has 5 heteroatoms. The normalized spacial score (nSPS) is 19.7. The Morgan fingerprint density at radius 1 is 1.29 bits per heavy atom. The lowest BCUT2D eigenvalue weighted by Gasteiger charge is -2.40. The van der Waals surface area contributed by atoms with E-state index < -0.39 is 0 Å². The first-order valence-corrected chi connectivity index (χ1v) is 9.67. The monoisotopic (exact) mass is 378 g/mol. The van der Waals surface area contributed by atoms with Crippen molar-refractivity contribution in [3.05, 3.63) is 64.6 Å². The number of nitrogens with one attached hydrogen (secondary N) is 1. The molecule has 3 aromatic rings. The summed E-state index contributed by atoms with van der Waals surface area (Å²) >= 11 is 0. The van der Waals surface area contributed by atoms with Gasteiger partial charge in [-0.3, -0.25) is 4.79 Å². The van der Waals surface area contributed by atoms with Gasteiger partial charge in [0.05, 0.1) is 7.11 Å². The highest BCUT2D eigenvalue weighted by Crippen LogP contribution is 2.58. The van der Waals surface area contributed by atoms with Crippen molar-refractivity contribution in [3.63, 3.8) is 0 Å². The Hall–Kier alpha value is -2.82. The van der Waals surface area contributed by atoms with Crippen LogP contribution in [0.25, 0.3) is 10.9 Å². The topological polar surface area (TPSA) is 45.3 Å². The van der Waals surface area contributed by atoms with Gasteiger partial charge in [-0.05, 0) is 49.1 Å². The molecule has 1 aromatic heterocycles. The van der Waals surface area contributed by atoms with Crippen molar-refractivity contribution in [1.29, 1.82) is 0 Å². The number of aromatic amines is 1. The minimum atomic E-state index is -0.318. The summed E-state index contributed by atoms with van der Waals surface area (Å²) in [6.45, 7) is 4.23. The van der Waals surface area contributed by atoms with Crippen LogP contribution in [0.2, 0.25) is 0 Å². The van der Waals surface area contributed by atoms with Crippen molar-refractivity contribution >= 4 is 16.8 Å². The number of amides is 1. The molecule has 1 atom stereocenters. The number of aryl methyl sites for hydroxylation is 1. The first-order valence-electron chi connectivity index (χ1n) is 9.67. The van der Waals surface area contributed by atoms with Gasteiger partial charge in [-0.25, -0.2) is 4.39 Å². The van der Waals surface area contributed by atoms with Crippen LogP contribution >= 0.6 is 0 Å². The van der Waals surface area contributed by atoms with E-state index in [4.69, 9.17) is 4.74 Å². The van der Waals surface area contributed by atoms with Crippen LogP contribution in [-0.4, -0.2) is 29.4 Å². The molecule has 1 N–H and O–H groups in total. The van der Waals surface area contributed by atoms with Gasteiger partial charge < -0.3 is 14.6 Å². The second-order valence-corrected chi connectivity index (χ2v) is 8.15. The van der Waals surface area contributed by atoms with Gasteiger partial charge in [0.1, 0.15) is 17.6 Å². The summed E-state index contributed by atoms with van der Waals surface area (Å²) in [7, 11) is 1.65. The summed E-state index contributed by atoms with van der Waals surface area (Å²) in [5.74, 6) is 0.559. The lowest BCUT2D eigenvalue weighted by atomic mass is 9.82. The smallest absolute Gasteiger partial charge is 0.220 e. The van der Waals surface area contributed by atoms with Crippen LogP contribution < -0.4 is 4.74 Å². The number of carbonyl (C=O) groups is 1. The molecule has 1 aliphatic carbocycles. The van der Waals surface area contributed by atoms with Crippen LogP contribution in [0.4, 0.5) is 4.39 Å². The van der Waals surface area contributed by atoms with E-state index in [-0.39, 0.29) is 23.2 Å². The number of hydrogen-bond acceptors (Lipinski definition) is 2. The maximum absolute atomic E-state index is 14.8. The third-order valence-corrected chi connectivity index (χ3v) is 6.33. The molecule has 0 bridgehead atoms. The Morgan fingerprint density at radius 3 is 2.75 bits per heavy atom. The summed E-state index contributed by atoms with van der Waals surface area (Å²) in [4.78, 5) is 18.0. The molecule has 1 aliphatic heterocycles. The summed E-state index contributed by atoms with van der Waals surface area (Å²) < 4.78 is 20.5. The van der Waals surface area contributed by atoms with Gasteiger partial charge in [0.25, 0.3) is 0 Å². The lowest BCUT2D eigenvalue weighted by Crippen LogP contribution is -2.44. The number of rotatable bonds is 2. The molecular formula is C23H23FN2O2. The van der Waals surface area contributed by atoms with Gasteiger partial charge in [0.15, 0.2) is 0 Å². The Bertz CT molecular complexity index is 1110. The number of halogens is 1. The zero-order chi connectivity index (χ0) is 19.6. The summed E-state index contributed by atoms with van der Waals surface area (Å²) in [5.41, 5.74) is 4.62. The van der Waals surface area contributed by atoms with E-state index >= 15 is 0 Å². The fourth-order valence-electron chi connectivity index (χ4n) is 4.85. The minimum absolute atomic E-state index is 0.0173. The second kappa shape index (κ2) is 5.84. The molecule has 2 aromatic carbocycles. The fraction of sp³-hybridized carbons (Fsp3) is 0.348. The highest BCUT2D eigenvalue weighted by atomic mass is 19.1. The maximum Gasteiger partial charge on any atom is 0.220 e. The van der Waals surface area contributed by atoms with Crippen molar-refractivity contribution in [2.24, 2.45) is 0 Å². The predicted octanol–water partition coefficient (Wildman–Crippen LogP) is 4.61. The van der Waals surface area contributed by atoms with Crippen LogP contribution in [0.3, 0.4) is 0 Å².